The van der Waals surface area contributed by atoms with E-state index in [4.69, 9.17) is 4.74 Å². The fourth-order valence-corrected chi connectivity index (χ4v) is 2.91. The molecule has 2 heterocycles. The first kappa shape index (κ1) is 18.2. The molecular formula is C18H19ClF2N2O. The summed E-state index contributed by atoms with van der Waals surface area (Å²) in [5.74, 6) is -1.31. The quantitative estimate of drug-likeness (QED) is 0.664. The molecule has 0 saturated carbocycles. The van der Waals surface area contributed by atoms with Crippen molar-refractivity contribution in [2.24, 2.45) is 0 Å². The predicted octanol–water partition coefficient (Wildman–Crippen LogP) is 4.95. The SMILES string of the molecule is CCn1c(C)c(C)c2ccnc(COc3ccc(F)cc3F)c21.Cl. The number of rotatable bonds is 4. The summed E-state index contributed by atoms with van der Waals surface area (Å²) >= 11 is 0. The number of halogens is 3. The lowest BCUT2D eigenvalue weighted by atomic mass is 10.2. The summed E-state index contributed by atoms with van der Waals surface area (Å²) in [4.78, 5) is 4.39. The fourth-order valence-electron chi connectivity index (χ4n) is 2.91. The van der Waals surface area contributed by atoms with Crippen LogP contribution in [0.15, 0.2) is 30.5 Å². The molecule has 0 aliphatic carbocycles. The van der Waals surface area contributed by atoms with Gasteiger partial charge < -0.3 is 9.30 Å². The van der Waals surface area contributed by atoms with Gasteiger partial charge in [-0.1, -0.05) is 0 Å². The van der Waals surface area contributed by atoms with Gasteiger partial charge in [-0.25, -0.2) is 8.78 Å². The number of benzene rings is 1. The second-order valence-corrected chi connectivity index (χ2v) is 5.47. The van der Waals surface area contributed by atoms with Crippen LogP contribution in [0.5, 0.6) is 5.75 Å². The summed E-state index contributed by atoms with van der Waals surface area (Å²) in [5, 5.41) is 1.12. The van der Waals surface area contributed by atoms with Gasteiger partial charge in [-0.05, 0) is 44.5 Å². The van der Waals surface area contributed by atoms with E-state index >= 15 is 0 Å². The van der Waals surface area contributed by atoms with Gasteiger partial charge in [-0.15, -0.1) is 12.4 Å². The monoisotopic (exact) mass is 352 g/mol. The van der Waals surface area contributed by atoms with E-state index in [0.29, 0.717) is 0 Å². The van der Waals surface area contributed by atoms with Gasteiger partial charge in [-0.2, -0.15) is 0 Å². The van der Waals surface area contributed by atoms with E-state index in [1.165, 1.54) is 23.4 Å². The molecule has 6 heteroatoms. The Balaban J connectivity index is 0.00000208. The van der Waals surface area contributed by atoms with Crippen LogP contribution in [0, 0.1) is 25.5 Å². The first-order valence-corrected chi connectivity index (χ1v) is 7.54. The van der Waals surface area contributed by atoms with Gasteiger partial charge >= 0.3 is 0 Å². The minimum absolute atomic E-state index is 0. The topological polar surface area (TPSA) is 27.1 Å². The van der Waals surface area contributed by atoms with Gasteiger partial charge in [0.1, 0.15) is 18.1 Å². The van der Waals surface area contributed by atoms with Gasteiger partial charge in [0, 0.05) is 29.9 Å². The van der Waals surface area contributed by atoms with Gasteiger partial charge in [0.2, 0.25) is 0 Å². The van der Waals surface area contributed by atoms with Crippen LogP contribution >= 0.6 is 12.4 Å². The molecule has 0 bridgehead atoms. The third-order valence-corrected chi connectivity index (χ3v) is 4.20. The summed E-state index contributed by atoms with van der Waals surface area (Å²) in [6, 6.07) is 5.26. The summed E-state index contributed by atoms with van der Waals surface area (Å²) < 4.78 is 34.3. The Kier molecular flexibility index (Phi) is 5.44. The highest BCUT2D eigenvalue weighted by Gasteiger charge is 2.15. The van der Waals surface area contributed by atoms with Crippen LogP contribution < -0.4 is 4.74 Å². The average Bonchev–Trinajstić information content (AvgIpc) is 2.78. The van der Waals surface area contributed by atoms with Crippen LogP contribution in [0.1, 0.15) is 23.9 Å². The smallest absolute Gasteiger partial charge is 0.167 e. The number of hydrogen-bond acceptors (Lipinski definition) is 2. The van der Waals surface area contributed by atoms with Crippen LogP contribution in [0.25, 0.3) is 10.9 Å². The normalized spacial score (nSPS) is 10.7. The largest absolute Gasteiger partial charge is 0.484 e. The van der Waals surface area contributed by atoms with Crippen molar-refractivity contribution in [1.82, 2.24) is 9.55 Å². The molecule has 1 aromatic carbocycles. The standard InChI is InChI=1S/C18H18F2N2O.ClH/c1-4-22-12(3)11(2)14-7-8-21-16(18(14)22)10-23-17-6-5-13(19)9-15(17)20;/h5-9H,4,10H2,1-3H3;1H. The molecule has 24 heavy (non-hydrogen) atoms. The summed E-state index contributed by atoms with van der Waals surface area (Å²) in [7, 11) is 0. The maximum Gasteiger partial charge on any atom is 0.167 e. The molecule has 0 fully saturated rings. The molecule has 0 atom stereocenters. The number of aryl methyl sites for hydroxylation is 2. The third-order valence-electron chi connectivity index (χ3n) is 4.20. The van der Waals surface area contributed by atoms with Crippen molar-refractivity contribution in [2.45, 2.75) is 33.9 Å². The summed E-state index contributed by atoms with van der Waals surface area (Å²) in [5.41, 5.74) is 4.14. The minimum Gasteiger partial charge on any atom is -0.484 e. The van der Waals surface area contributed by atoms with Crippen LogP contribution in [0.2, 0.25) is 0 Å². The third kappa shape index (κ3) is 3.08. The minimum atomic E-state index is -0.713. The van der Waals surface area contributed by atoms with Crippen molar-refractivity contribution in [3.63, 3.8) is 0 Å². The molecule has 0 saturated heterocycles. The first-order chi connectivity index (χ1) is 11.0. The maximum absolute atomic E-state index is 13.7. The zero-order chi connectivity index (χ0) is 16.6. The summed E-state index contributed by atoms with van der Waals surface area (Å²) in [6.45, 7) is 7.17. The number of aromatic nitrogens is 2. The predicted molar refractivity (Wildman–Crippen MR) is 92.8 cm³/mol. The van der Waals surface area contributed by atoms with Crippen molar-refractivity contribution in [3.8, 4) is 5.75 Å². The Bertz CT molecular complexity index is 877. The highest BCUT2D eigenvalue weighted by Crippen LogP contribution is 2.28. The number of hydrogen-bond donors (Lipinski definition) is 0. The molecule has 0 amide bonds. The van der Waals surface area contributed by atoms with Crippen molar-refractivity contribution in [3.05, 3.63) is 59.0 Å². The van der Waals surface area contributed by atoms with Crippen LogP contribution in [-0.4, -0.2) is 9.55 Å². The molecule has 0 N–H and O–H groups in total. The number of nitrogens with zero attached hydrogens (tertiary/aromatic N) is 2. The van der Waals surface area contributed by atoms with E-state index in [0.717, 1.165) is 29.2 Å². The number of fused-ring (bicyclic) bond motifs is 1. The van der Waals surface area contributed by atoms with Crippen molar-refractivity contribution < 1.29 is 13.5 Å². The molecule has 0 spiro atoms. The molecule has 0 unspecified atom stereocenters. The maximum atomic E-state index is 13.7. The molecule has 2 aromatic heterocycles. The van der Waals surface area contributed by atoms with Gasteiger partial charge in [0.05, 0.1) is 5.52 Å². The van der Waals surface area contributed by atoms with E-state index in [1.54, 1.807) is 6.20 Å². The summed E-state index contributed by atoms with van der Waals surface area (Å²) in [6.07, 6.45) is 1.73. The number of pyridine rings is 1. The highest BCUT2D eigenvalue weighted by atomic mass is 35.5. The Labute approximate surface area is 145 Å². The molecule has 128 valence electrons. The second kappa shape index (κ2) is 7.18. The molecular weight excluding hydrogens is 334 g/mol. The first-order valence-electron chi connectivity index (χ1n) is 7.54. The molecule has 0 aliphatic rings. The van der Waals surface area contributed by atoms with E-state index in [-0.39, 0.29) is 24.8 Å². The zero-order valence-corrected chi connectivity index (χ0v) is 14.6. The van der Waals surface area contributed by atoms with Crippen LogP contribution in [-0.2, 0) is 13.2 Å². The van der Waals surface area contributed by atoms with Crippen molar-refractivity contribution in [1.29, 1.82) is 0 Å². The van der Waals surface area contributed by atoms with E-state index in [2.05, 4.69) is 30.3 Å². The van der Waals surface area contributed by atoms with Crippen molar-refractivity contribution >= 4 is 23.3 Å². The van der Waals surface area contributed by atoms with E-state index in [9.17, 15) is 8.78 Å². The lowest BCUT2D eigenvalue weighted by Crippen LogP contribution is -2.05. The Morgan fingerprint density at radius 1 is 1.17 bits per heavy atom. The zero-order valence-electron chi connectivity index (χ0n) is 13.8. The molecule has 0 radical (unpaired) electrons. The molecule has 0 aliphatic heterocycles. The van der Waals surface area contributed by atoms with Crippen LogP contribution in [0.3, 0.4) is 0 Å². The van der Waals surface area contributed by atoms with Gasteiger partial charge in [-0.3, -0.25) is 4.98 Å². The Morgan fingerprint density at radius 3 is 2.58 bits per heavy atom. The van der Waals surface area contributed by atoms with Gasteiger partial charge in [0.15, 0.2) is 11.6 Å². The second-order valence-electron chi connectivity index (χ2n) is 5.47. The molecule has 3 rings (SSSR count). The molecule has 3 aromatic rings. The van der Waals surface area contributed by atoms with E-state index < -0.39 is 11.6 Å². The lowest BCUT2D eigenvalue weighted by molar-refractivity contribution is 0.286. The van der Waals surface area contributed by atoms with E-state index in [1.807, 2.05) is 6.07 Å². The van der Waals surface area contributed by atoms with Crippen LogP contribution in [0.4, 0.5) is 8.78 Å². The van der Waals surface area contributed by atoms with Crippen molar-refractivity contribution in [2.75, 3.05) is 0 Å². The number of ether oxygens (including phenoxy) is 1. The highest BCUT2D eigenvalue weighted by molar-refractivity contribution is 5.86. The fraction of sp³-hybridized carbons (Fsp3) is 0.278. The molecule has 3 nitrogen and oxygen atoms in total. The Morgan fingerprint density at radius 2 is 1.92 bits per heavy atom. The Hall–Kier alpha value is -2.14. The lowest BCUT2D eigenvalue weighted by Gasteiger charge is -2.10. The average molecular weight is 353 g/mol. The van der Waals surface area contributed by atoms with Gasteiger partial charge in [0.25, 0.3) is 0 Å².